The zero-order chi connectivity index (χ0) is 11.4. The van der Waals surface area contributed by atoms with Crippen LogP contribution in [0.15, 0.2) is 11.6 Å². The highest BCUT2D eigenvalue weighted by atomic mass is 15.1. The number of nitrogens with zero attached hydrogens (tertiary/aromatic N) is 1. The SMILES string of the molecule is CC(C)=CCN(C)C1CCC(N)CC1N. The molecule has 0 heterocycles. The average molecular weight is 211 g/mol. The summed E-state index contributed by atoms with van der Waals surface area (Å²) in [5.74, 6) is 0. The summed E-state index contributed by atoms with van der Waals surface area (Å²) in [6.45, 7) is 5.26. The van der Waals surface area contributed by atoms with Gasteiger partial charge in [0.15, 0.2) is 0 Å². The molecule has 1 fully saturated rings. The minimum Gasteiger partial charge on any atom is -0.328 e. The highest BCUT2D eigenvalue weighted by Crippen LogP contribution is 2.20. The lowest BCUT2D eigenvalue weighted by Gasteiger charge is -2.37. The van der Waals surface area contributed by atoms with Gasteiger partial charge >= 0.3 is 0 Å². The fraction of sp³-hybridized carbons (Fsp3) is 0.833. The first-order chi connectivity index (χ1) is 7.00. The van der Waals surface area contributed by atoms with Crippen LogP contribution in [0.2, 0.25) is 0 Å². The monoisotopic (exact) mass is 211 g/mol. The number of hydrogen-bond donors (Lipinski definition) is 2. The van der Waals surface area contributed by atoms with Crippen LogP contribution in [-0.4, -0.2) is 36.6 Å². The fourth-order valence-electron chi connectivity index (χ4n) is 2.23. The molecule has 3 unspecified atom stereocenters. The van der Waals surface area contributed by atoms with Crippen LogP contribution in [0.5, 0.6) is 0 Å². The van der Waals surface area contributed by atoms with Crippen molar-refractivity contribution in [2.24, 2.45) is 11.5 Å². The van der Waals surface area contributed by atoms with Crippen LogP contribution >= 0.6 is 0 Å². The molecule has 0 spiro atoms. The van der Waals surface area contributed by atoms with E-state index in [2.05, 4.69) is 31.9 Å². The van der Waals surface area contributed by atoms with Crippen LogP contribution in [-0.2, 0) is 0 Å². The van der Waals surface area contributed by atoms with Crippen molar-refractivity contribution in [1.29, 1.82) is 0 Å². The van der Waals surface area contributed by atoms with Gasteiger partial charge in [0.05, 0.1) is 0 Å². The third-order valence-corrected chi connectivity index (χ3v) is 3.26. The van der Waals surface area contributed by atoms with E-state index >= 15 is 0 Å². The maximum absolute atomic E-state index is 6.13. The molecule has 3 nitrogen and oxygen atoms in total. The molecule has 0 aromatic heterocycles. The van der Waals surface area contributed by atoms with E-state index in [4.69, 9.17) is 11.5 Å². The molecule has 0 aromatic carbocycles. The van der Waals surface area contributed by atoms with Crippen LogP contribution in [0.3, 0.4) is 0 Å². The molecule has 1 rings (SSSR count). The Balaban J connectivity index is 2.45. The van der Waals surface area contributed by atoms with Gasteiger partial charge < -0.3 is 11.5 Å². The van der Waals surface area contributed by atoms with E-state index in [0.29, 0.717) is 12.1 Å². The molecule has 1 aliphatic rings. The Hall–Kier alpha value is -0.380. The van der Waals surface area contributed by atoms with Crippen LogP contribution in [0.1, 0.15) is 33.1 Å². The van der Waals surface area contributed by atoms with Gasteiger partial charge in [-0.25, -0.2) is 0 Å². The molecular formula is C12H25N3. The number of nitrogens with two attached hydrogens (primary N) is 2. The van der Waals surface area contributed by atoms with E-state index in [0.717, 1.165) is 25.8 Å². The molecule has 0 radical (unpaired) electrons. The van der Waals surface area contributed by atoms with Crippen LogP contribution in [0.25, 0.3) is 0 Å². The van der Waals surface area contributed by atoms with Crippen LogP contribution in [0.4, 0.5) is 0 Å². The van der Waals surface area contributed by atoms with Gasteiger partial charge in [-0.05, 0) is 40.2 Å². The van der Waals surface area contributed by atoms with Gasteiger partial charge in [-0.1, -0.05) is 11.6 Å². The first-order valence-corrected chi connectivity index (χ1v) is 5.85. The van der Waals surface area contributed by atoms with Crippen molar-refractivity contribution in [3.05, 3.63) is 11.6 Å². The third-order valence-electron chi connectivity index (χ3n) is 3.26. The molecule has 3 heteroatoms. The van der Waals surface area contributed by atoms with Gasteiger partial charge in [0, 0.05) is 24.7 Å². The van der Waals surface area contributed by atoms with E-state index in [9.17, 15) is 0 Å². The Morgan fingerprint density at radius 3 is 2.53 bits per heavy atom. The molecule has 4 N–H and O–H groups in total. The van der Waals surface area contributed by atoms with E-state index in [1.165, 1.54) is 5.57 Å². The summed E-state index contributed by atoms with van der Waals surface area (Å²) in [6.07, 6.45) is 5.46. The normalized spacial score (nSPS) is 31.7. The summed E-state index contributed by atoms with van der Waals surface area (Å²) < 4.78 is 0. The van der Waals surface area contributed by atoms with Crippen molar-refractivity contribution < 1.29 is 0 Å². The van der Waals surface area contributed by atoms with Crippen LogP contribution < -0.4 is 11.5 Å². The minimum absolute atomic E-state index is 0.240. The maximum Gasteiger partial charge on any atom is 0.0248 e. The standard InChI is InChI=1S/C12H25N3/c1-9(2)6-7-15(3)12-5-4-10(13)8-11(12)14/h6,10-12H,4-5,7-8,13-14H2,1-3H3. The zero-order valence-corrected chi connectivity index (χ0v) is 10.2. The summed E-state index contributed by atoms with van der Waals surface area (Å²) in [7, 11) is 2.15. The average Bonchev–Trinajstić information content (AvgIpc) is 2.14. The molecule has 0 aromatic rings. The van der Waals surface area contributed by atoms with Gasteiger partial charge in [-0.15, -0.1) is 0 Å². The first kappa shape index (κ1) is 12.7. The Morgan fingerprint density at radius 1 is 1.33 bits per heavy atom. The van der Waals surface area contributed by atoms with Gasteiger partial charge in [0.2, 0.25) is 0 Å². The van der Waals surface area contributed by atoms with Crippen molar-refractivity contribution >= 4 is 0 Å². The Bertz CT molecular complexity index is 221. The maximum atomic E-state index is 6.13. The van der Waals surface area contributed by atoms with Crippen molar-refractivity contribution in [2.75, 3.05) is 13.6 Å². The Kier molecular flexibility index (Phi) is 4.77. The Labute approximate surface area is 93.5 Å². The van der Waals surface area contributed by atoms with E-state index < -0.39 is 0 Å². The smallest absolute Gasteiger partial charge is 0.0248 e. The van der Waals surface area contributed by atoms with Crippen molar-refractivity contribution in [3.8, 4) is 0 Å². The lowest BCUT2D eigenvalue weighted by atomic mass is 9.87. The largest absolute Gasteiger partial charge is 0.328 e. The van der Waals surface area contributed by atoms with E-state index in [1.54, 1.807) is 0 Å². The molecule has 0 bridgehead atoms. The summed E-state index contributed by atoms with van der Waals surface area (Å²) in [5.41, 5.74) is 13.4. The number of rotatable bonds is 3. The molecule has 3 atom stereocenters. The summed E-state index contributed by atoms with van der Waals surface area (Å²) in [6, 6.07) is 1.05. The molecule has 0 amide bonds. The van der Waals surface area contributed by atoms with E-state index in [-0.39, 0.29) is 6.04 Å². The lowest BCUT2D eigenvalue weighted by Crippen LogP contribution is -2.52. The van der Waals surface area contributed by atoms with Crippen LogP contribution in [0, 0.1) is 0 Å². The second-order valence-corrected chi connectivity index (χ2v) is 5.03. The molecule has 88 valence electrons. The molecule has 0 aliphatic heterocycles. The topological polar surface area (TPSA) is 55.3 Å². The molecule has 0 saturated heterocycles. The fourth-order valence-corrected chi connectivity index (χ4v) is 2.23. The predicted octanol–water partition coefficient (Wildman–Crippen LogP) is 1.09. The number of hydrogen-bond acceptors (Lipinski definition) is 3. The van der Waals surface area contributed by atoms with Crippen molar-refractivity contribution in [3.63, 3.8) is 0 Å². The van der Waals surface area contributed by atoms with Gasteiger partial charge in [0.25, 0.3) is 0 Å². The molecule has 1 saturated carbocycles. The third kappa shape index (κ3) is 3.93. The quantitative estimate of drug-likeness (QED) is 0.687. The second-order valence-electron chi connectivity index (χ2n) is 5.03. The zero-order valence-electron chi connectivity index (χ0n) is 10.2. The van der Waals surface area contributed by atoms with Gasteiger partial charge in [-0.3, -0.25) is 4.90 Å². The Morgan fingerprint density at radius 2 is 2.00 bits per heavy atom. The number of likely N-dealkylation sites (N-methyl/N-ethyl adjacent to an activating group) is 1. The highest BCUT2D eigenvalue weighted by molar-refractivity contribution is 4.97. The van der Waals surface area contributed by atoms with Gasteiger partial charge in [-0.2, -0.15) is 0 Å². The molecule has 1 aliphatic carbocycles. The lowest BCUT2D eigenvalue weighted by molar-refractivity contribution is 0.174. The van der Waals surface area contributed by atoms with E-state index in [1.807, 2.05) is 0 Å². The minimum atomic E-state index is 0.240. The highest BCUT2D eigenvalue weighted by Gasteiger charge is 2.28. The van der Waals surface area contributed by atoms with Crippen molar-refractivity contribution in [1.82, 2.24) is 4.90 Å². The molecular weight excluding hydrogens is 186 g/mol. The predicted molar refractivity (Wildman–Crippen MR) is 65.7 cm³/mol. The number of allylic oxidation sites excluding steroid dienone is 1. The first-order valence-electron chi connectivity index (χ1n) is 5.85. The summed E-state index contributed by atoms with van der Waals surface area (Å²) in [4.78, 5) is 2.35. The van der Waals surface area contributed by atoms with Gasteiger partial charge in [0.1, 0.15) is 0 Å². The summed E-state index contributed by atoms with van der Waals surface area (Å²) >= 11 is 0. The summed E-state index contributed by atoms with van der Waals surface area (Å²) in [5, 5.41) is 0. The molecule has 15 heavy (non-hydrogen) atoms. The van der Waals surface area contributed by atoms with Crippen molar-refractivity contribution in [2.45, 2.75) is 51.2 Å². The second kappa shape index (κ2) is 5.64.